The maximum atomic E-state index is 13.8. The minimum absolute atomic E-state index is 0.254. The van der Waals surface area contributed by atoms with Gasteiger partial charge in [0.25, 0.3) is 5.91 Å². The first-order valence-corrected chi connectivity index (χ1v) is 13.9. The molecule has 2 fully saturated rings. The van der Waals surface area contributed by atoms with Gasteiger partial charge in [-0.05, 0) is 92.8 Å². The van der Waals surface area contributed by atoms with Gasteiger partial charge >= 0.3 is 0 Å². The fraction of sp³-hybridized carbons (Fsp3) is 0.519. The summed E-state index contributed by atoms with van der Waals surface area (Å²) in [5, 5.41) is 2.95. The van der Waals surface area contributed by atoms with Gasteiger partial charge in [-0.2, -0.15) is 4.31 Å². The molecule has 0 aliphatic carbocycles. The number of carbonyl (C=O) groups excluding carboxylic acids is 1. The molecule has 0 radical (unpaired) electrons. The third-order valence-corrected chi connectivity index (χ3v) is 9.11. The lowest BCUT2D eigenvalue weighted by atomic mass is 9.98. The summed E-state index contributed by atoms with van der Waals surface area (Å²) in [6.07, 6.45) is 3.80. The van der Waals surface area contributed by atoms with Crippen molar-refractivity contribution < 1.29 is 13.2 Å². The van der Waals surface area contributed by atoms with Gasteiger partial charge in [0.1, 0.15) is 4.90 Å². The zero-order valence-electron chi connectivity index (χ0n) is 20.8. The maximum Gasteiger partial charge on any atom is 0.255 e. The highest BCUT2D eigenvalue weighted by molar-refractivity contribution is 7.89. The molecule has 1 amide bonds. The number of sulfonamides is 1. The predicted octanol–water partition coefficient (Wildman–Crippen LogP) is 5.21. The lowest BCUT2D eigenvalue weighted by Gasteiger charge is -2.35. The molecule has 2 aliphatic rings. The van der Waals surface area contributed by atoms with E-state index in [1.54, 1.807) is 16.4 Å². The van der Waals surface area contributed by atoms with E-state index in [0.717, 1.165) is 49.9 Å². The molecule has 0 aromatic heterocycles. The summed E-state index contributed by atoms with van der Waals surface area (Å²) in [6, 6.07) is 11.0. The average Bonchev–Trinajstić information content (AvgIpc) is 2.79. The van der Waals surface area contributed by atoms with E-state index >= 15 is 0 Å². The van der Waals surface area contributed by atoms with Gasteiger partial charge in [-0.15, -0.1) is 0 Å². The lowest BCUT2D eigenvalue weighted by Crippen LogP contribution is -2.39. The van der Waals surface area contributed by atoms with Crippen LogP contribution in [0.2, 0.25) is 0 Å². The molecular formula is C27H37N3O3S. The number of nitrogens with one attached hydrogen (secondary N) is 1. The highest BCUT2D eigenvalue weighted by Crippen LogP contribution is 2.34. The number of benzene rings is 2. The van der Waals surface area contributed by atoms with Gasteiger partial charge in [0.15, 0.2) is 0 Å². The first-order valence-electron chi connectivity index (χ1n) is 12.4. The topological polar surface area (TPSA) is 69.7 Å². The van der Waals surface area contributed by atoms with Crippen LogP contribution in [-0.2, 0) is 10.0 Å². The molecule has 2 heterocycles. The Labute approximate surface area is 204 Å². The molecule has 0 bridgehead atoms. The fourth-order valence-corrected chi connectivity index (χ4v) is 6.69. The van der Waals surface area contributed by atoms with Crippen molar-refractivity contribution in [3.8, 4) is 0 Å². The predicted molar refractivity (Wildman–Crippen MR) is 138 cm³/mol. The smallest absolute Gasteiger partial charge is 0.255 e. The molecule has 7 heteroatoms. The zero-order valence-corrected chi connectivity index (χ0v) is 21.6. The van der Waals surface area contributed by atoms with Crippen molar-refractivity contribution in [3.05, 3.63) is 53.1 Å². The molecule has 0 saturated carbocycles. The van der Waals surface area contributed by atoms with E-state index in [9.17, 15) is 13.2 Å². The fourth-order valence-electron chi connectivity index (χ4n) is 4.99. The van der Waals surface area contributed by atoms with E-state index in [2.05, 4.69) is 24.1 Å². The van der Waals surface area contributed by atoms with Gasteiger partial charge < -0.3 is 10.2 Å². The third kappa shape index (κ3) is 5.47. The summed E-state index contributed by atoms with van der Waals surface area (Å²) in [5.74, 6) is 0.875. The second kappa shape index (κ2) is 10.1. The number of anilines is 2. The average molecular weight is 484 g/mol. The Hall–Kier alpha value is -2.38. The molecule has 2 aromatic carbocycles. The van der Waals surface area contributed by atoms with Crippen molar-refractivity contribution in [1.29, 1.82) is 0 Å². The van der Waals surface area contributed by atoms with E-state index in [4.69, 9.17) is 0 Å². The van der Waals surface area contributed by atoms with Crippen LogP contribution in [0.1, 0.15) is 61.0 Å². The lowest BCUT2D eigenvalue weighted by molar-refractivity contribution is 0.102. The van der Waals surface area contributed by atoms with Gasteiger partial charge in [0.05, 0.1) is 5.69 Å². The number of piperidine rings is 2. The summed E-state index contributed by atoms with van der Waals surface area (Å²) in [7, 11) is -3.71. The molecule has 0 spiro atoms. The van der Waals surface area contributed by atoms with Crippen LogP contribution in [0.25, 0.3) is 0 Å². The summed E-state index contributed by atoms with van der Waals surface area (Å²) in [5.41, 5.74) is 3.91. The monoisotopic (exact) mass is 483 g/mol. The normalized spacial score (nSPS) is 18.8. The van der Waals surface area contributed by atoms with Crippen molar-refractivity contribution in [3.63, 3.8) is 0 Å². The summed E-state index contributed by atoms with van der Waals surface area (Å²) in [6.45, 7) is 11.1. The van der Waals surface area contributed by atoms with Gasteiger partial charge in [0.2, 0.25) is 10.0 Å². The Bertz CT molecular complexity index is 1130. The van der Waals surface area contributed by atoms with Crippen LogP contribution < -0.4 is 10.2 Å². The molecule has 6 nitrogen and oxygen atoms in total. The SMILES string of the molecule is Cc1cc(C)cc(NC(=O)c2ccc(N3CCC(C)CC3)c(S(=O)(=O)N3CCC(C)CC3)c2)c1. The van der Waals surface area contributed by atoms with E-state index in [1.165, 1.54) is 0 Å². The molecular weight excluding hydrogens is 446 g/mol. The maximum absolute atomic E-state index is 13.8. The van der Waals surface area contributed by atoms with Crippen LogP contribution >= 0.6 is 0 Å². The van der Waals surface area contributed by atoms with Crippen molar-refractivity contribution in [2.75, 3.05) is 36.4 Å². The quantitative estimate of drug-likeness (QED) is 0.634. The van der Waals surface area contributed by atoms with Gasteiger partial charge in [0, 0.05) is 37.4 Å². The van der Waals surface area contributed by atoms with E-state index in [-0.39, 0.29) is 10.8 Å². The largest absolute Gasteiger partial charge is 0.370 e. The number of rotatable bonds is 5. The molecule has 184 valence electrons. The Morgan fingerprint density at radius 3 is 2.00 bits per heavy atom. The minimum atomic E-state index is -3.71. The van der Waals surface area contributed by atoms with E-state index in [0.29, 0.717) is 41.9 Å². The van der Waals surface area contributed by atoms with Crippen molar-refractivity contribution in [2.45, 2.75) is 58.3 Å². The van der Waals surface area contributed by atoms with Crippen LogP contribution in [0.4, 0.5) is 11.4 Å². The molecule has 2 aromatic rings. The molecule has 1 N–H and O–H groups in total. The summed E-state index contributed by atoms with van der Waals surface area (Å²) < 4.78 is 29.2. The number of hydrogen-bond donors (Lipinski definition) is 1. The first-order chi connectivity index (χ1) is 16.1. The van der Waals surface area contributed by atoms with E-state index < -0.39 is 10.0 Å². The Morgan fingerprint density at radius 1 is 0.853 bits per heavy atom. The molecule has 2 saturated heterocycles. The van der Waals surface area contributed by atoms with Crippen LogP contribution in [0.5, 0.6) is 0 Å². The highest BCUT2D eigenvalue weighted by atomic mass is 32.2. The van der Waals surface area contributed by atoms with Gasteiger partial charge in [-0.3, -0.25) is 4.79 Å². The third-order valence-electron chi connectivity index (χ3n) is 7.19. The van der Waals surface area contributed by atoms with Crippen LogP contribution in [-0.4, -0.2) is 44.8 Å². The Balaban J connectivity index is 1.68. The van der Waals surface area contributed by atoms with Gasteiger partial charge in [-0.1, -0.05) is 19.9 Å². The van der Waals surface area contributed by atoms with E-state index in [1.807, 2.05) is 38.1 Å². The van der Waals surface area contributed by atoms with Crippen LogP contribution in [0.15, 0.2) is 41.3 Å². The van der Waals surface area contributed by atoms with Crippen molar-refractivity contribution in [2.24, 2.45) is 11.8 Å². The number of carbonyl (C=O) groups is 1. The standard InChI is InChI=1S/C27H37N3O3S/c1-19-7-11-29(12-8-19)25-6-5-23(27(31)28-24-16-21(3)15-22(4)17-24)18-26(25)34(32,33)30-13-9-20(2)10-14-30/h5-6,15-20H,7-14H2,1-4H3,(H,28,31). The molecule has 2 aliphatic heterocycles. The summed E-state index contributed by atoms with van der Waals surface area (Å²) in [4.78, 5) is 15.6. The highest BCUT2D eigenvalue weighted by Gasteiger charge is 2.32. The van der Waals surface area contributed by atoms with Crippen LogP contribution in [0.3, 0.4) is 0 Å². The number of aryl methyl sites for hydroxylation is 2. The number of hydrogen-bond acceptors (Lipinski definition) is 4. The van der Waals surface area contributed by atoms with Crippen molar-refractivity contribution >= 4 is 27.3 Å². The van der Waals surface area contributed by atoms with Crippen LogP contribution in [0, 0.1) is 25.7 Å². The number of nitrogens with zero attached hydrogens (tertiary/aromatic N) is 2. The van der Waals surface area contributed by atoms with Gasteiger partial charge in [-0.25, -0.2) is 8.42 Å². The minimum Gasteiger partial charge on any atom is -0.370 e. The Kier molecular flexibility index (Phi) is 7.33. The molecule has 4 rings (SSSR count). The Morgan fingerprint density at radius 2 is 1.41 bits per heavy atom. The second-order valence-electron chi connectivity index (χ2n) is 10.3. The molecule has 0 atom stereocenters. The van der Waals surface area contributed by atoms with Crippen molar-refractivity contribution in [1.82, 2.24) is 4.31 Å². The molecule has 0 unspecified atom stereocenters. The zero-order chi connectivity index (χ0) is 24.5. The first kappa shape index (κ1) is 24.7. The molecule has 34 heavy (non-hydrogen) atoms. The summed E-state index contributed by atoms with van der Waals surface area (Å²) >= 11 is 0. The second-order valence-corrected chi connectivity index (χ2v) is 12.2. The number of amides is 1.